The van der Waals surface area contributed by atoms with E-state index in [1.54, 1.807) is 6.07 Å². The number of benzene rings is 2. The monoisotopic (exact) mass is 345 g/mol. The second kappa shape index (κ2) is 5.79. The molecule has 2 N–H and O–H groups in total. The van der Waals surface area contributed by atoms with Crippen LogP contribution in [0.2, 0.25) is 0 Å². The second-order valence-electron chi connectivity index (χ2n) is 3.92. The van der Waals surface area contributed by atoms with Crippen LogP contribution in [0.15, 0.2) is 45.8 Å². The summed E-state index contributed by atoms with van der Waals surface area (Å²) in [7, 11) is -1.66. The summed E-state index contributed by atoms with van der Waals surface area (Å²) in [5.41, 5.74) is 5.95. The van der Waals surface area contributed by atoms with Crippen molar-refractivity contribution < 1.29 is 13.0 Å². The Bertz CT molecular complexity index is 649. The van der Waals surface area contributed by atoms with Gasteiger partial charge in [0.2, 0.25) is 0 Å². The molecule has 6 heteroatoms. The van der Waals surface area contributed by atoms with Gasteiger partial charge in [0.05, 0.1) is 21.4 Å². The third-order valence-electron chi connectivity index (χ3n) is 2.50. The zero-order valence-electron chi connectivity index (χ0n) is 9.70. The van der Waals surface area contributed by atoms with E-state index >= 15 is 0 Å². The highest BCUT2D eigenvalue weighted by Gasteiger charge is 2.13. The van der Waals surface area contributed by atoms with Crippen molar-refractivity contribution in [1.29, 1.82) is 0 Å². The highest BCUT2D eigenvalue weighted by molar-refractivity contribution is 9.10. The Labute approximate surface area is 120 Å². The van der Waals surface area contributed by atoms with Gasteiger partial charge in [0, 0.05) is 15.7 Å². The van der Waals surface area contributed by atoms with Gasteiger partial charge in [0.1, 0.15) is 11.6 Å². The first-order chi connectivity index (χ1) is 8.97. The lowest BCUT2D eigenvalue weighted by Gasteiger charge is -2.06. The molecular weight excluding hydrogens is 336 g/mol. The van der Waals surface area contributed by atoms with Gasteiger partial charge >= 0.3 is 0 Å². The largest absolute Gasteiger partial charge is 0.399 e. The van der Waals surface area contributed by atoms with Crippen molar-refractivity contribution in [1.82, 2.24) is 0 Å². The summed E-state index contributed by atoms with van der Waals surface area (Å²) in [5.74, 6) is -1.20. The molecule has 2 rings (SSSR count). The van der Waals surface area contributed by atoms with Gasteiger partial charge in [-0.2, -0.15) is 0 Å². The van der Waals surface area contributed by atoms with Crippen LogP contribution in [0.4, 0.5) is 14.5 Å². The van der Waals surface area contributed by atoms with Crippen LogP contribution in [0.5, 0.6) is 0 Å². The van der Waals surface area contributed by atoms with Crippen molar-refractivity contribution in [2.24, 2.45) is 0 Å². The van der Waals surface area contributed by atoms with Crippen molar-refractivity contribution in [3.05, 3.63) is 58.1 Å². The Morgan fingerprint density at radius 2 is 1.84 bits per heavy atom. The van der Waals surface area contributed by atoms with E-state index in [1.807, 2.05) is 0 Å². The number of anilines is 1. The molecule has 19 heavy (non-hydrogen) atoms. The average Bonchev–Trinajstić information content (AvgIpc) is 2.32. The third-order valence-corrected chi connectivity index (χ3v) is 4.39. The van der Waals surface area contributed by atoms with Gasteiger partial charge in [-0.15, -0.1) is 0 Å². The van der Waals surface area contributed by atoms with Crippen LogP contribution in [0.25, 0.3) is 0 Å². The normalized spacial score (nSPS) is 12.4. The molecular formula is C13H10BrF2NOS. The first-order valence-corrected chi connectivity index (χ1v) is 7.46. The molecule has 0 aromatic heterocycles. The Hall–Kier alpha value is -1.27. The molecule has 2 nitrogen and oxygen atoms in total. The number of nitrogen functional groups attached to an aromatic ring is 1. The van der Waals surface area contributed by atoms with Crippen molar-refractivity contribution in [3.8, 4) is 0 Å². The van der Waals surface area contributed by atoms with Gasteiger partial charge in [-0.3, -0.25) is 4.21 Å². The highest BCUT2D eigenvalue weighted by Crippen LogP contribution is 2.21. The predicted octanol–water partition coefficient (Wildman–Crippen LogP) is 3.62. The standard InChI is InChI=1S/C13H10BrF2NOS/c14-9-2-1-8(11(15)5-9)7-19(18)13-4-3-10(17)6-12(13)16/h1-6H,7,17H2. The number of rotatable bonds is 3. The van der Waals surface area contributed by atoms with Crippen LogP contribution in [-0.4, -0.2) is 4.21 Å². The number of halogens is 3. The molecule has 0 heterocycles. The lowest BCUT2D eigenvalue weighted by molar-refractivity contribution is 0.594. The van der Waals surface area contributed by atoms with Crippen molar-refractivity contribution in [2.75, 3.05) is 5.73 Å². The summed E-state index contributed by atoms with van der Waals surface area (Å²) in [6.45, 7) is 0. The molecule has 1 unspecified atom stereocenters. The van der Waals surface area contributed by atoms with E-state index in [9.17, 15) is 13.0 Å². The molecule has 0 spiro atoms. The van der Waals surface area contributed by atoms with E-state index in [-0.39, 0.29) is 21.9 Å². The topological polar surface area (TPSA) is 43.1 Å². The van der Waals surface area contributed by atoms with Crippen LogP contribution < -0.4 is 5.73 Å². The second-order valence-corrected chi connectivity index (χ2v) is 6.25. The summed E-state index contributed by atoms with van der Waals surface area (Å²) in [6.07, 6.45) is 0. The molecule has 2 aromatic carbocycles. The Kier molecular flexibility index (Phi) is 4.31. The molecule has 100 valence electrons. The number of nitrogens with two attached hydrogens (primary N) is 1. The minimum Gasteiger partial charge on any atom is -0.399 e. The maximum Gasteiger partial charge on any atom is 0.141 e. The molecule has 0 saturated heterocycles. The van der Waals surface area contributed by atoms with Crippen LogP contribution in [0.3, 0.4) is 0 Å². The quantitative estimate of drug-likeness (QED) is 0.863. The van der Waals surface area contributed by atoms with E-state index in [0.717, 1.165) is 6.07 Å². The Morgan fingerprint density at radius 1 is 1.11 bits per heavy atom. The summed E-state index contributed by atoms with van der Waals surface area (Å²) < 4.78 is 39.8. The molecule has 0 amide bonds. The minimum atomic E-state index is -1.66. The summed E-state index contributed by atoms with van der Waals surface area (Å²) in [6, 6.07) is 8.38. The van der Waals surface area contributed by atoms with Crippen LogP contribution >= 0.6 is 15.9 Å². The third kappa shape index (κ3) is 3.39. The minimum absolute atomic E-state index is 0.0246. The lowest BCUT2D eigenvalue weighted by atomic mass is 10.2. The first-order valence-electron chi connectivity index (χ1n) is 5.34. The SMILES string of the molecule is Nc1ccc(S(=O)Cc2ccc(Br)cc2F)c(F)c1. The zero-order valence-corrected chi connectivity index (χ0v) is 12.1. The number of hydrogen-bond acceptors (Lipinski definition) is 2. The fourth-order valence-corrected chi connectivity index (χ4v) is 3.06. The lowest BCUT2D eigenvalue weighted by Crippen LogP contribution is -2.02. The molecule has 0 aliphatic heterocycles. The maximum absolute atomic E-state index is 13.6. The van der Waals surface area contributed by atoms with Gasteiger partial charge < -0.3 is 5.73 Å². The van der Waals surface area contributed by atoms with E-state index in [4.69, 9.17) is 5.73 Å². The van der Waals surface area contributed by atoms with Gasteiger partial charge in [-0.25, -0.2) is 8.78 Å². The molecule has 0 aliphatic carbocycles. The zero-order chi connectivity index (χ0) is 14.0. The molecule has 0 aliphatic rings. The summed E-state index contributed by atoms with van der Waals surface area (Å²) >= 11 is 3.14. The van der Waals surface area contributed by atoms with Crippen LogP contribution in [0.1, 0.15) is 5.56 Å². The van der Waals surface area contributed by atoms with E-state index in [1.165, 1.54) is 24.3 Å². The van der Waals surface area contributed by atoms with Gasteiger partial charge in [-0.05, 0) is 30.3 Å². The maximum atomic E-state index is 13.6. The molecule has 0 radical (unpaired) electrons. The van der Waals surface area contributed by atoms with Gasteiger partial charge in [0.25, 0.3) is 0 Å². The van der Waals surface area contributed by atoms with Crippen molar-refractivity contribution in [2.45, 2.75) is 10.6 Å². The Morgan fingerprint density at radius 3 is 2.47 bits per heavy atom. The Balaban J connectivity index is 2.25. The van der Waals surface area contributed by atoms with Crippen LogP contribution in [-0.2, 0) is 16.6 Å². The molecule has 1 atom stereocenters. The van der Waals surface area contributed by atoms with Crippen LogP contribution in [0, 0.1) is 11.6 Å². The summed E-state index contributed by atoms with van der Waals surface area (Å²) in [4.78, 5) is 0.0246. The molecule has 0 saturated carbocycles. The smallest absolute Gasteiger partial charge is 0.141 e. The highest BCUT2D eigenvalue weighted by atomic mass is 79.9. The first kappa shape index (κ1) is 14.1. The predicted molar refractivity (Wildman–Crippen MR) is 75.0 cm³/mol. The van der Waals surface area contributed by atoms with Gasteiger partial charge in [-0.1, -0.05) is 22.0 Å². The fraction of sp³-hybridized carbons (Fsp3) is 0.0769. The van der Waals surface area contributed by atoms with Crippen molar-refractivity contribution in [3.63, 3.8) is 0 Å². The van der Waals surface area contributed by atoms with Gasteiger partial charge in [0.15, 0.2) is 0 Å². The summed E-state index contributed by atoms with van der Waals surface area (Å²) in [5, 5.41) is 0. The average molecular weight is 346 g/mol. The number of hydrogen-bond donors (Lipinski definition) is 1. The van der Waals surface area contributed by atoms with Crippen molar-refractivity contribution >= 4 is 32.4 Å². The molecule has 0 bridgehead atoms. The van der Waals surface area contributed by atoms with E-state index in [2.05, 4.69) is 15.9 Å². The molecule has 2 aromatic rings. The fourth-order valence-electron chi connectivity index (χ4n) is 1.56. The van der Waals surface area contributed by atoms with E-state index < -0.39 is 22.4 Å². The van der Waals surface area contributed by atoms with E-state index in [0.29, 0.717) is 4.47 Å². The molecule has 0 fully saturated rings.